The second-order valence-corrected chi connectivity index (χ2v) is 5.54. The van der Waals surface area contributed by atoms with Gasteiger partial charge in [-0.05, 0) is 37.6 Å². The van der Waals surface area contributed by atoms with Crippen LogP contribution in [-0.2, 0) is 0 Å². The van der Waals surface area contributed by atoms with Gasteiger partial charge in [0.15, 0.2) is 11.5 Å². The van der Waals surface area contributed by atoms with Gasteiger partial charge in [-0.25, -0.2) is 9.50 Å². The average Bonchev–Trinajstić information content (AvgIpc) is 3.21. The van der Waals surface area contributed by atoms with Crippen molar-refractivity contribution in [1.82, 2.24) is 24.9 Å². The summed E-state index contributed by atoms with van der Waals surface area (Å²) >= 11 is 0. The number of aromatic nitrogens is 4. The summed E-state index contributed by atoms with van der Waals surface area (Å²) in [4.78, 5) is 20.7. The van der Waals surface area contributed by atoms with Crippen LogP contribution >= 0.6 is 0 Å². The number of benzene rings is 1. The second-order valence-electron chi connectivity index (χ2n) is 5.54. The fourth-order valence-corrected chi connectivity index (χ4v) is 2.53. The first kappa shape index (κ1) is 14.4. The summed E-state index contributed by atoms with van der Waals surface area (Å²) in [6.45, 7) is 3.98. The zero-order valence-corrected chi connectivity index (χ0v) is 13.2. The molecule has 122 valence electrons. The smallest absolute Gasteiger partial charge is 0.291 e. The van der Waals surface area contributed by atoms with Crippen molar-refractivity contribution in [1.29, 1.82) is 0 Å². The van der Waals surface area contributed by atoms with Gasteiger partial charge in [0.1, 0.15) is 0 Å². The van der Waals surface area contributed by atoms with Crippen molar-refractivity contribution in [2.24, 2.45) is 0 Å². The number of nitrogens with one attached hydrogen (secondary N) is 1. The highest BCUT2D eigenvalue weighted by molar-refractivity contribution is 5.91. The number of carbonyl (C=O) groups excluding carboxylic acids is 1. The Bertz CT molecular complexity index is 937. The van der Waals surface area contributed by atoms with Crippen molar-refractivity contribution in [3.8, 4) is 11.5 Å². The highest BCUT2D eigenvalue weighted by Gasteiger charge is 2.19. The minimum atomic E-state index is -0.356. The zero-order valence-electron chi connectivity index (χ0n) is 13.2. The highest BCUT2D eigenvalue weighted by Crippen LogP contribution is 2.34. The van der Waals surface area contributed by atoms with Gasteiger partial charge in [0.05, 0.1) is 6.04 Å². The number of aryl methyl sites for hydroxylation is 1. The molecule has 0 fully saturated rings. The maximum Gasteiger partial charge on any atom is 0.291 e. The van der Waals surface area contributed by atoms with E-state index in [1.54, 1.807) is 16.8 Å². The molecule has 8 nitrogen and oxygen atoms in total. The van der Waals surface area contributed by atoms with E-state index < -0.39 is 0 Å². The van der Waals surface area contributed by atoms with Crippen LogP contribution in [-0.4, -0.2) is 32.3 Å². The van der Waals surface area contributed by atoms with Crippen LogP contribution in [0.2, 0.25) is 0 Å². The number of amides is 1. The second kappa shape index (κ2) is 5.48. The molecule has 1 unspecified atom stereocenters. The molecule has 1 amide bonds. The summed E-state index contributed by atoms with van der Waals surface area (Å²) in [5.74, 6) is 1.52. The van der Waals surface area contributed by atoms with E-state index >= 15 is 0 Å². The minimum Gasteiger partial charge on any atom is -0.454 e. The Morgan fingerprint density at radius 3 is 2.96 bits per heavy atom. The van der Waals surface area contributed by atoms with Crippen LogP contribution in [0.25, 0.3) is 5.78 Å². The SMILES string of the molecule is Cc1ccnc2nc(C(=O)NC(C)c3ccc4c(c3)OCO4)nn12. The Balaban J connectivity index is 1.55. The van der Waals surface area contributed by atoms with Crippen LogP contribution in [0.3, 0.4) is 0 Å². The molecule has 1 aromatic carbocycles. The van der Waals surface area contributed by atoms with Crippen molar-refractivity contribution in [2.75, 3.05) is 6.79 Å². The van der Waals surface area contributed by atoms with Crippen LogP contribution in [0.1, 0.15) is 34.8 Å². The maximum absolute atomic E-state index is 12.4. The first-order chi connectivity index (χ1) is 11.6. The number of hydrogen-bond acceptors (Lipinski definition) is 6. The number of nitrogens with zero attached hydrogens (tertiary/aromatic N) is 4. The fourth-order valence-electron chi connectivity index (χ4n) is 2.53. The van der Waals surface area contributed by atoms with E-state index in [0.717, 1.165) is 11.3 Å². The van der Waals surface area contributed by atoms with Crippen LogP contribution in [0.4, 0.5) is 0 Å². The third-order valence-electron chi connectivity index (χ3n) is 3.88. The van der Waals surface area contributed by atoms with E-state index in [1.807, 2.05) is 32.0 Å². The molecule has 1 N–H and O–H groups in total. The standard InChI is InChI=1S/C16H15N5O3/c1-9-5-6-17-16-19-14(20-21(9)16)15(22)18-10(2)11-3-4-12-13(7-11)24-8-23-12/h3-7,10H,8H2,1-2H3,(H,18,22). The molecule has 3 aromatic rings. The van der Waals surface area contributed by atoms with E-state index in [2.05, 4.69) is 20.4 Å². The van der Waals surface area contributed by atoms with Gasteiger partial charge in [0.2, 0.25) is 12.6 Å². The lowest BCUT2D eigenvalue weighted by Crippen LogP contribution is -2.27. The van der Waals surface area contributed by atoms with Gasteiger partial charge in [-0.1, -0.05) is 6.07 Å². The predicted molar refractivity (Wildman–Crippen MR) is 84.0 cm³/mol. The zero-order chi connectivity index (χ0) is 16.7. The van der Waals surface area contributed by atoms with Crippen molar-refractivity contribution in [2.45, 2.75) is 19.9 Å². The quantitative estimate of drug-likeness (QED) is 0.787. The van der Waals surface area contributed by atoms with Gasteiger partial charge >= 0.3 is 0 Å². The summed E-state index contributed by atoms with van der Waals surface area (Å²) in [7, 11) is 0. The molecule has 4 rings (SSSR count). The summed E-state index contributed by atoms with van der Waals surface area (Å²) < 4.78 is 12.2. The molecule has 0 aliphatic carbocycles. The monoisotopic (exact) mass is 325 g/mol. The Kier molecular flexibility index (Phi) is 3.30. The Labute approximate surface area is 137 Å². The van der Waals surface area contributed by atoms with Gasteiger partial charge < -0.3 is 14.8 Å². The number of ether oxygens (including phenoxy) is 2. The van der Waals surface area contributed by atoms with E-state index in [1.165, 1.54) is 0 Å². The number of hydrogen-bond donors (Lipinski definition) is 1. The minimum absolute atomic E-state index is 0.0874. The molecule has 0 radical (unpaired) electrons. The lowest BCUT2D eigenvalue weighted by molar-refractivity contribution is 0.0929. The van der Waals surface area contributed by atoms with E-state index in [9.17, 15) is 4.79 Å². The molecule has 3 heterocycles. The third-order valence-corrected chi connectivity index (χ3v) is 3.88. The van der Waals surface area contributed by atoms with Crippen molar-refractivity contribution >= 4 is 11.7 Å². The molecular formula is C16H15N5O3. The Hall–Kier alpha value is -3.16. The van der Waals surface area contributed by atoms with Crippen LogP contribution < -0.4 is 14.8 Å². The predicted octanol–water partition coefficient (Wildman–Crippen LogP) is 1.65. The first-order valence-corrected chi connectivity index (χ1v) is 7.50. The topological polar surface area (TPSA) is 90.6 Å². The molecule has 0 spiro atoms. The molecule has 24 heavy (non-hydrogen) atoms. The van der Waals surface area contributed by atoms with E-state index in [-0.39, 0.29) is 24.6 Å². The van der Waals surface area contributed by atoms with Gasteiger partial charge in [-0.3, -0.25) is 4.79 Å². The largest absolute Gasteiger partial charge is 0.454 e. The van der Waals surface area contributed by atoms with Crippen molar-refractivity contribution in [3.63, 3.8) is 0 Å². The number of fused-ring (bicyclic) bond motifs is 2. The van der Waals surface area contributed by atoms with Crippen LogP contribution in [0.15, 0.2) is 30.5 Å². The Morgan fingerprint density at radius 2 is 2.12 bits per heavy atom. The van der Waals surface area contributed by atoms with E-state index in [4.69, 9.17) is 9.47 Å². The summed E-state index contributed by atoms with van der Waals surface area (Å²) in [6.07, 6.45) is 1.64. The molecule has 8 heteroatoms. The summed E-state index contributed by atoms with van der Waals surface area (Å²) in [5.41, 5.74) is 1.76. The normalized spacial score (nSPS) is 13.9. The van der Waals surface area contributed by atoms with Crippen molar-refractivity contribution < 1.29 is 14.3 Å². The van der Waals surface area contributed by atoms with Gasteiger partial charge in [-0.15, -0.1) is 5.10 Å². The number of carbonyl (C=O) groups is 1. The summed E-state index contributed by atoms with van der Waals surface area (Å²) in [6, 6.07) is 7.15. The molecule has 0 bridgehead atoms. The molecule has 1 atom stereocenters. The van der Waals surface area contributed by atoms with Gasteiger partial charge in [0, 0.05) is 11.9 Å². The first-order valence-electron chi connectivity index (χ1n) is 7.50. The van der Waals surface area contributed by atoms with Crippen LogP contribution in [0, 0.1) is 6.92 Å². The van der Waals surface area contributed by atoms with Gasteiger partial charge in [-0.2, -0.15) is 4.98 Å². The lowest BCUT2D eigenvalue weighted by atomic mass is 10.1. The highest BCUT2D eigenvalue weighted by atomic mass is 16.7. The average molecular weight is 325 g/mol. The lowest BCUT2D eigenvalue weighted by Gasteiger charge is -2.13. The molecule has 2 aromatic heterocycles. The summed E-state index contributed by atoms with van der Waals surface area (Å²) in [5, 5.41) is 7.09. The maximum atomic E-state index is 12.4. The third kappa shape index (κ3) is 2.41. The molecule has 1 aliphatic heterocycles. The molecular weight excluding hydrogens is 310 g/mol. The van der Waals surface area contributed by atoms with E-state index in [0.29, 0.717) is 17.3 Å². The molecule has 1 aliphatic rings. The Morgan fingerprint density at radius 1 is 1.29 bits per heavy atom. The van der Waals surface area contributed by atoms with Gasteiger partial charge in [0.25, 0.3) is 11.7 Å². The fraction of sp³-hybridized carbons (Fsp3) is 0.250. The number of rotatable bonds is 3. The van der Waals surface area contributed by atoms with Crippen LogP contribution in [0.5, 0.6) is 11.5 Å². The molecule has 0 saturated heterocycles. The van der Waals surface area contributed by atoms with Crippen molar-refractivity contribution in [3.05, 3.63) is 47.5 Å². The molecule has 0 saturated carbocycles.